The van der Waals surface area contributed by atoms with E-state index in [1.807, 2.05) is 0 Å². The van der Waals surface area contributed by atoms with Gasteiger partial charge in [0.2, 0.25) is 10.2 Å². The number of halogens is 1. The molecular formula is C18H31ClN7O6PS2. The van der Waals surface area contributed by atoms with Crippen LogP contribution in [0.4, 0.5) is 5.82 Å². The number of carbonyl (C=O) groups excluding carboxylic acids is 2. The van der Waals surface area contributed by atoms with Crippen LogP contribution in [0.2, 0.25) is 0 Å². The van der Waals surface area contributed by atoms with Gasteiger partial charge in [-0.25, -0.2) is 15.0 Å². The zero-order valence-corrected chi connectivity index (χ0v) is 22.7. The van der Waals surface area contributed by atoms with E-state index in [4.69, 9.17) is 31.0 Å². The van der Waals surface area contributed by atoms with Crippen LogP contribution in [0, 0.1) is 0 Å². The lowest BCUT2D eigenvalue weighted by Gasteiger charge is -2.19. The minimum Gasteiger partial charge on any atom is -0.382 e. The molecule has 2 aromatic heterocycles. The molecule has 35 heavy (non-hydrogen) atoms. The first-order valence-electron chi connectivity index (χ1n) is 10.3. The van der Waals surface area contributed by atoms with E-state index in [0.29, 0.717) is 17.7 Å². The van der Waals surface area contributed by atoms with Crippen LogP contribution in [0.1, 0.15) is 13.8 Å². The van der Waals surface area contributed by atoms with E-state index in [2.05, 4.69) is 15.0 Å². The van der Waals surface area contributed by atoms with Crippen molar-refractivity contribution in [1.29, 1.82) is 0 Å². The van der Waals surface area contributed by atoms with Crippen LogP contribution in [-0.2, 0) is 34.5 Å². The number of fused-ring (bicyclic) bond motifs is 1. The minimum absolute atomic E-state index is 0. The second-order valence-corrected chi connectivity index (χ2v) is 11.3. The zero-order chi connectivity index (χ0) is 25.1. The first-order valence-corrected chi connectivity index (χ1v) is 14.0. The molecule has 0 radical (unpaired) electrons. The third-order valence-electron chi connectivity index (χ3n) is 4.13. The predicted molar refractivity (Wildman–Crippen MR) is 140 cm³/mol. The number of anilines is 1. The van der Waals surface area contributed by atoms with Gasteiger partial charge in [-0.1, -0.05) is 23.5 Å². The molecule has 0 aliphatic heterocycles. The number of carbonyl (C=O) groups is 2. The number of imidazole rings is 1. The zero-order valence-electron chi connectivity index (χ0n) is 19.4. The Kier molecular flexibility index (Phi) is 14.3. The van der Waals surface area contributed by atoms with E-state index in [-0.39, 0.29) is 66.1 Å². The minimum atomic E-state index is -3.65. The number of nitrogen functional groups attached to an aromatic ring is 1. The topological polar surface area (TPSA) is 201 Å². The normalized spacial score (nSPS) is 13.4. The third kappa shape index (κ3) is 10.7. The number of hydrogen-bond acceptors (Lipinski definition) is 14. The maximum Gasteiger partial charge on any atom is 0.356 e. The summed E-state index contributed by atoms with van der Waals surface area (Å²) in [6.07, 6.45) is 2.59. The fourth-order valence-electron chi connectivity index (χ4n) is 2.41. The molecule has 0 saturated carbocycles. The van der Waals surface area contributed by atoms with Gasteiger partial charge in [-0.3, -0.25) is 14.2 Å². The summed E-state index contributed by atoms with van der Waals surface area (Å²) in [7, 11) is -3.65. The van der Waals surface area contributed by atoms with E-state index in [0.717, 1.165) is 23.5 Å². The van der Waals surface area contributed by atoms with E-state index < -0.39 is 19.7 Å². The van der Waals surface area contributed by atoms with Crippen molar-refractivity contribution in [1.82, 2.24) is 19.5 Å². The molecule has 198 valence electrons. The van der Waals surface area contributed by atoms with Crippen molar-refractivity contribution in [3.05, 3.63) is 12.7 Å². The summed E-state index contributed by atoms with van der Waals surface area (Å²) in [5.74, 6) is 0.790. The number of nitrogens with two attached hydrogens (primary N) is 3. The summed E-state index contributed by atoms with van der Waals surface area (Å²) in [5, 5.41) is -0.392. The molecule has 0 saturated heterocycles. The summed E-state index contributed by atoms with van der Waals surface area (Å²) in [4.78, 5) is 35.5. The standard InChI is InChI=1S/C18H30N7O6PS2.ClH/c1-12(19)17(26)33-7-5-30-32(28,31-6-8-34-18(27)13(2)20)11-29-4-3-25-10-24-14-15(21)22-9-23-16(14)25;/h9-10,12-13H,3-8,11,19-20H2,1-2H3,(H2,21,22,23);1H/t12-,13-;/m0./s1. The molecule has 2 aromatic rings. The number of rotatable bonds is 15. The molecule has 0 fully saturated rings. The molecule has 6 N–H and O–H groups in total. The second-order valence-electron chi connectivity index (χ2n) is 7.10. The van der Waals surface area contributed by atoms with Gasteiger partial charge < -0.3 is 35.6 Å². The van der Waals surface area contributed by atoms with Crippen molar-refractivity contribution in [3.63, 3.8) is 0 Å². The third-order valence-corrected chi connectivity index (χ3v) is 7.84. The molecule has 0 aromatic carbocycles. The van der Waals surface area contributed by atoms with E-state index in [1.54, 1.807) is 24.7 Å². The van der Waals surface area contributed by atoms with Crippen molar-refractivity contribution in [2.24, 2.45) is 11.5 Å². The maximum atomic E-state index is 13.1. The highest BCUT2D eigenvalue weighted by Gasteiger charge is 2.26. The van der Waals surface area contributed by atoms with Crippen LogP contribution in [0.3, 0.4) is 0 Å². The van der Waals surface area contributed by atoms with Gasteiger partial charge in [0, 0.05) is 18.1 Å². The average molecular weight is 572 g/mol. The van der Waals surface area contributed by atoms with Crippen LogP contribution in [0.25, 0.3) is 11.2 Å². The van der Waals surface area contributed by atoms with Crippen molar-refractivity contribution in [2.45, 2.75) is 32.5 Å². The number of aromatic nitrogens is 4. The number of hydrogen-bond donors (Lipinski definition) is 3. The molecule has 0 unspecified atom stereocenters. The van der Waals surface area contributed by atoms with Crippen molar-refractivity contribution < 1.29 is 27.9 Å². The van der Waals surface area contributed by atoms with Gasteiger partial charge in [0.05, 0.1) is 38.2 Å². The van der Waals surface area contributed by atoms with Gasteiger partial charge in [-0.15, -0.1) is 12.4 Å². The maximum absolute atomic E-state index is 13.1. The van der Waals surface area contributed by atoms with Gasteiger partial charge in [0.1, 0.15) is 18.2 Å². The Bertz CT molecular complexity index is 981. The Morgan fingerprint density at radius 3 is 2.14 bits per heavy atom. The quantitative estimate of drug-likeness (QED) is 0.203. The molecule has 0 bridgehead atoms. The van der Waals surface area contributed by atoms with Crippen molar-refractivity contribution >= 4 is 70.7 Å². The first kappa shape index (κ1) is 31.7. The van der Waals surface area contributed by atoms with Gasteiger partial charge in [-0.05, 0) is 13.8 Å². The first-order chi connectivity index (χ1) is 16.1. The summed E-state index contributed by atoms with van der Waals surface area (Å²) in [5.41, 5.74) is 17.9. The number of thioether (sulfide) groups is 2. The summed E-state index contributed by atoms with van der Waals surface area (Å²) < 4.78 is 31.3. The molecule has 0 amide bonds. The summed E-state index contributed by atoms with van der Waals surface area (Å²) >= 11 is 1.98. The van der Waals surface area contributed by atoms with Gasteiger partial charge in [0.15, 0.2) is 11.5 Å². The largest absolute Gasteiger partial charge is 0.382 e. The average Bonchev–Trinajstić information content (AvgIpc) is 3.21. The monoisotopic (exact) mass is 571 g/mol. The molecule has 2 rings (SSSR count). The Morgan fingerprint density at radius 1 is 1.03 bits per heavy atom. The highest BCUT2D eigenvalue weighted by Crippen LogP contribution is 2.48. The van der Waals surface area contributed by atoms with Crippen molar-refractivity contribution in [2.75, 3.05) is 43.4 Å². The SMILES string of the molecule is C[C@H](N)C(=O)SCCOP(=O)(COCCn1cnc2c(N)ncnc21)OCCSC(=O)[C@H](C)N.Cl. The van der Waals surface area contributed by atoms with Crippen LogP contribution in [0.15, 0.2) is 12.7 Å². The Morgan fingerprint density at radius 2 is 1.60 bits per heavy atom. The van der Waals surface area contributed by atoms with E-state index >= 15 is 0 Å². The van der Waals surface area contributed by atoms with Crippen LogP contribution >= 0.6 is 43.5 Å². The molecule has 13 nitrogen and oxygen atoms in total. The lowest BCUT2D eigenvalue weighted by Crippen LogP contribution is -2.24. The fraction of sp³-hybridized carbons (Fsp3) is 0.611. The molecule has 17 heteroatoms. The van der Waals surface area contributed by atoms with E-state index in [9.17, 15) is 14.2 Å². The lowest BCUT2D eigenvalue weighted by atomic mass is 10.4. The second kappa shape index (κ2) is 15.7. The Hall–Kier alpha value is -1.29. The highest BCUT2D eigenvalue weighted by atomic mass is 35.5. The van der Waals surface area contributed by atoms with Crippen molar-refractivity contribution in [3.8, 4) is 0 Å². The van der Waals surface area contributed by atoms with Crippen LogP contribution in [-0.4, -0.2) is 79.5 Å². The molecule has 2 atom stereocenters. The van der Waals surface area contributed by atoms with E-state index in [1.165, 1.54) is 6.33 Å². The molecule has 0 aliphatic rings. The highest BCUT2D eigenvalue weighted by molar-refractivity contribution is 8.14. The molecular weight excluding hydrogens is 541 g/mol. The van der Waals surface area contributed by atoms with Crippen LogP contribution in [0.5, 0.6) is 0 Å². The fourth-order valence-corrected chi connectivity index (χ4v) is 5.24. The number of ether oxygens (including phenoxy) is 1. The summed E-state index contributed by atoms with van der Waals surface area (Å²) in [6, 6.07) is -1.20. The van der Waals surface area contributed by atoms with Crippen LogP contribution < -0.4 is 17.2 Å². The molecule has 0 spiro atoms. The predicted octanol–water partition coefficient (Wildman–Crippen LogP) is 1.24. The smallest absolute Gasteiger partial charge is 0.356 e. The Labute approximate surface area is 217 Å². The molecule has 0 aliphatic carbocycles. The summed E-state index contributed by atoms with van der Waals surface area (Å²) in [6.45, 7) is 3.70. The Balaban J connectivity index is 0.00000612. The van der Waals surface area contributed by atoms with Gasteiger partial charge >= 0.3 is 7.60 Å². The molecule has 2 heterocycles. The van der Waals surface area contributed by atoms with Gasteiger partial charge in [0.25, 0.3) is 0 Å². The number of nitrogens with zero attached hydrogens (tertiary/aromatic N) is 4. The van der Waals surface area contributed by atoms with Gasteiger partial charge in [-0.2, -0.15) is 0 Å². The lowest BCUT2D eigenvalue weighted by molar-refractivity contribution is -0.112.